The van der Waals surface area contributed by atoms with Gasteiger partial charge in [-0.3, -0.25) is 4.68 Å². The predicted octanol–water partition coefficient (Wildman–Crippen LogP) is 2.66. The number of nitrogens with one attached hydrogen (secondary N) is 1. The van der Waals surface area contributed by atoms with Gasteiger partial charge in [0, 0.05) is 18.4 Å². The molecular formula is C15H21N3. The van der Waals surface area contributed by atoms with Crippen LogP contribution in [0.25, 0.3) is 0 Å². The average Bonchev–Trinajstić information content (AvgIpc) is 2.93. The van der Waals surface area contributed by atoms with Crippen molar-refractivity contribution in [2.24, 2.45) is 0 Å². The maximum atomic E-state index is 4.28. The van der Waals surface area contributed by atoms with E-state index in [0.29, 0.717) is 12.1 Å². The van der Waals surface area contributed by atoms with E-state index in [-0.39, 0.29) is 0 Å². The summed E-state index contributed by atoms with van der Waals surface area (Å²) in [7, 11) is 0. The highest BCUT2D eigenvalue weighted by Crippen LogP contribution is 2.09. The van der Waals surface area contributed by atoms with Gasteiger partial charge in [-0.15, -0.1) is 0 Å². The van der Waals surface area contributed by atoms with Gasteiger partial charge >= 0.3 is 0 Å². The van der Waals surface area contributed by atoms with Gasteiger partial charge in [-0.1, -0.05) is 30.3 Å². The van der Waals surface area contributed by atoms with Crippen molar-refractivity contribution in [3.05, 3.63) is 54.4 Å². The van der Waals surface area contributed by atoms with Crippen LogP contribution in [-0.4, -0.2) is 22.4 Å². The lowest BCUT2D eigenvalue weighted by Gasteiger charge is -2.21. The Hall–Kier alpha value is -1.61. The lowest BCUT2D eigenvalue weighted by molar-refractivity contribution is 0.368. The fraction of sp³-hybridized carbons (Fsp3) is 0.400. The summed E-state index contributed by atoms with van der Waals surface area (Å²) in [6.07, 6.45) is 4.91. The Morgan fingerprint density at radius 3 is 2.61 bits per heavy atom. The second-order valence-corrected chi connectivity index (χ2v) is 4.71. The lowest BCUT2D eigenvalue weighted by atomic mass is 10.1. The second-order valence-electron chi connectivity index (χ2n) is 4.71. The van der Waals surface area contributed by atoms with Crippen LogP contribution in [0.2, 0.25) is 0 Å². The van der Waals surface area contributed by atoms with Crippen molar-refractivity contribution in [2.45, 2.75) is 32.4 Å². The number of hydrogen-bond donors (Lipinski definition) is 1. The van der Waals surface area contributed by atoms with Crippen molar-refractivity contribution in [2.75, 3.05) is 6.54 Å². The van der Waals surface area contributed by atoms with Gasteiger partial charge in [0.05, 0.1) is 6.04 Å². The quantitative estimate of drug-likeness (QED) is 0.845. The van der Waals surface area contributed by atoms with E-state index in [9.17, 15) is 0 Å². The van der Waals surface area contributed by atoms with Crippen molar-refractivity contribution in [1.82, 2.24) is 15.1 Å². The van der Waals surface area contributed by atoms with Crippen molar-refractivity contribution in [3.8, 4) is 0 Å². The molecule has 0 fully saturated rings. The van der Waals surface area contributed by atoms with Gasteiger partial charge in [0.25, 0.3) is 0 Å². The molecule has 0 aliphatic carbocycles. The molecule has 96 valence electrons. The number of hydrogen-bond acceptors (Lipinski definition) is 2. The average molecular weight is 243 g/mol. The van der Waals surface area contributed by atoms with Crippen molar-refractivity contribution in [1.29, 1.82) is 0 Å². The minimum absolute atomic E-state index is 0.371. The Bertz CT molecular complexity index is 436. The molecule has 0 aliphatic rings. The van der Waals surface area contributed by atoms with Gasteiger partial charge in [-0.25, -0.2) is 0 Å². The summed E-state index contributed by atoms with van der Waals surface area (Å²) in [6.45, 7) is 5.39. The zero-order valence-corrected chi connectivity index (χ0v) is 11.1. The fourth-order valence-electron chi connectivity index (χ4n) is 2.01. The van der Waals surface area contributed by atoms with Gasteiger partial charge in [0.1, 0.15) is 0 Å². The predicted molar refractivity (Wildman–Crippen MR) is 74.5 cm³/mol. The number of aromatic nitrogens is 2. The number of benzene rings is 1. The molecule has 0 aliphatic heterocycles. The van der Waals surface area contributed by atoms with Crippen LogP contribution in [0.3, 0.4) is 0 Å². The van der Waals surface area contributed by atoms with E-state index in [4.69, 9.17) is 0 Å². The number of nitrogens with zero attached hydrogens (tertiary/aromatic N) is 2. The van der Waals surface area contributed by atoms with Gasteiger partial charge < -0.3 is 5.32 Å². The van der Waals surface area contributed by atoms with E-state index in [2.05, 4.69) is 54.6 Å². The van der Waals surface area contributed by atoms with Crippen LogP contribution < -0.4 is 5.32 Å². The molecule has 0 unspecified atom stereocenters. The van der Waals surface area contributed by atoms with E-state index in [1.54, 1.807) is 0 Å². The van der Waals surface area contributed by atoms with Crippen LogP contribution in [0.4, 0.5) is 0 Å². The molecule has 1 aromatic carbocycles. The molecule has 1 heterocycles. The number of rotatable bonds is 6. The first-order valence-corrected chi connectivity index (χ1v) is 6.54. The Labute approximate surface area is 109 Å². The van der Waals surface area contributed by atoms with E-state index < -0.39 is 0 Å². The highest BCUT2D eigenvalue weighted by Gasteiger charge is 2.12. The van der Waals surface area contributed by atoms with Gasteiger partial charge in [-0.2, -0.15) is 5.10 Å². The van der Waals surface area contributed by atoms with Crippen LogP contribution in [0.1, 0.15) is 25.5 Å². The molecule has 0 bridgehead atoms. The largest absolute Gasteiger partial charge is 0.312 e. The lowest BCUT2D eigenvalue weighted by Crippen LogP contribution is -2.35. The maximum Gasteiger partial charge on any atom is 0.0641 e. The summed E-state index contributed by atoms with van der Waals surface area (Å²) < 4.78 is 2.00. The van der Waals surface area contributed by atoms with Crippen LogP contribution in [0.5, 0.6) is 0 Å². The highest BCUT2D eigenvalue weighted by atomic mass is 15.3. The molecule has 2 aromatic rings. The van der Waals surface area contributed by atoms with Crippen LogP contribution in [-0.2, 0) is 6.42 Å². The third-order valence-electron chi connectivity index (χ3n) is 3.39. The molecule has 0 spiro atoms. The molecular weight excluding hydrogens is 222 g/mol. The van der Waals surface area contributed by atoms with Gasteiger partial charge in [-0.05, 0) is 38.4 Å². The first-order chi connectivity index (χ1) is 8.77. The maximum absolute atomic E-state index is 4.28. The highest BCUT2D eigenvalue weighted by molar-refractivity contribution is 5.14. The van der Waals surface area contributed by atoms with E-state index in [1.165, 1.54) is 5.56 Å². The van der Waals surface area contributed by atoms with Crippen LogP contribution >= 0.6 is 0 Å². The Balaban J connectivity index is 1.77. The second kappa shape index (κ2) is 6.36. The van der Waals surface area contributed by atoms with Gasteiger partial charge in [0.2, 0.25) is 0 Å². The van der Waals surface area contributed by atoms with Crippen molar-refractivity contribution < 1.29 is 0 Å². The summed E-state index contributed by atoms with van der Waals surface area (Å²) in [5.41, 5.74) is 1.38. The minimum Gasteiger partial charge on any atom is -0.312 e. The zero-order valence-electron chi connectivity index (χ0n) is 11.1. The van der Waals surface area contributed by atoms with Crippen molar-refractivity contribution in [3.63, 3.8) is 0 Å². The van der Waals surface area contributed by atoms with Gasteiger partial charge in [0.15, 0.2) is 0 Å². The van der Waals surface area contributed by atoms with Crippen LogP contribution in [0, 0.1) is 0 Å². The summed E-state index contributed by atoms with van der Waals surface area (Å²) in [4.78, 5) is 0. The summed E-state index contributed by atoms with van der Waals surface area (Å²) >= 11 is 0. The SMILES string of the molecule is C[C@H](NCCc1ccccc1)[C@@H](C)n1cccn1. The normalized spacial score (nSPS) is 14.3. The summed E-state index contributed by atoms with van der Waals surface area (Å²) in [5.74, 6) is 0. The molecule has 0 saturated heterocycles. The summed E-state index contributed by atoms with van der Waals surface area (Å²) in [5, 5.41) is 7.84. The molecule has 0 saturated carbocycles. The third-order valence-corrected chi connectivity index (χ3v) is 3.39. The zero-order chi connectivity index (χ0) is 12.8. The molecule has 2 rings (SSSR count). The topological polar surface area (TPSA) is 29.9 Å². The third kappa shape index (κ3) is 3.44. The minimum atomic E-state index is 0.371. The fourth-order valence-corrected chi connectivity index (χ4v) is 2.01. The molecule has 1 N–H and O–H groups in total. The first kappa shape index (κ1) is 12.8. The Kier molecular flexibility index (Phi) is 4.53. The Morgan fingerprint density at radius 2 is 1.94 bits per heavy atom. The first-order valence-electron chi connectivity index (χ1n) is 6.54. The van der Waals surface area contributed by atoms with Crippen molar-refractivity contribution >= 4 is 0 Å². The Morgan fingerprint density at radius 1 is 1.17 bits per heavy atom. The summed E-state index contributed by atoms with van der Waals surface area (Å²) in [6, 6.07) is 13.3. The smallest absolute Gasteiger partial charge is 0.0641 e. The van der Waals surface area contributed by atoms with E-state index in [0.717, 1.165) is 13.0 Å². The van der Waals surface area contributed by atoms with E-state index >= 15 is 0 Å². The molecule has 3 heteroatoms. The molecule has 18 heavy (non-hydrogen) atoms. The molecule has 0 radical (unpaired) electrons. The van der Waals surface area contributed by atoms with Crippen LogP contribution in [0.15, 0.2) is 48.8 Å². The molecule has 2 atom stereocenters. The monoisotopic (exact) mass is 243 g/mol. The molecule has 3 nitrogen and oxygen atoms in total. The molecule has 1 aromatic heterocycles. The standard InChI is InChI=1S/C15H21N3/c1-13(14(2)18-12-6-10-17-18)16-11-9-15-7-4-3-5-8-15/h3-8,10,12-14,16H,9,11H2,1-2H3/t13-,14+/m0/s1. The molecule has 0 amide bonds. The van der Waals surface area contributed by atoms with E-state index in [1.807, 2.05) is 23.1 Å².